The van der Waals surface area contributed by atoms with Crippen molar-refractivity contribution in [3.63, 3.8) is 0 Å². The van der Waals surface area contributed by atoms with Crippen LogP contribution in [0.4, 0.5) is 0 Å². The fourth-order valence-corrected chi connectivity index (χ4v) is 3.96. The molecule has 0 radical (unpaired) electrons. The smallest absolute Gasteiger partial charge is 0.121 e. The van der Waals surface area contributed by atoms with Crippen LogP contribution >= 0.6 is 11.3 Å². The van der Waals surface area contributed by atoms with Gasteiger partial charge in [0.2, 0.25) is 0 Å². The number of aromatic hydroxyl groups is 1. The number of aliphatic carboxylic acids is 1. The van der Waals surface area contributed by atoms with Gasteiger partial charge >= 0.3 is 0 Å². The maximum absolute atomic E-state index is 10.8. The minimum atomic E-state index is -1.04. The summed E-state index contributed by atoms with van der Waals surface area (Å²) in [5, 5.41) is 21.6. The number of benzene rings is 2. The summed E-state index contributed by atoms with van der Waals surface area (Å²) in [5.74, 6) is -0.731. The summed E-state index contributed by atoms with van der Waals surface area (Å²) in [6.45, 7) is 3.74. The van der Waals surface area contributed by atoms with E-state index in [1.54, 1.807) is 11.3 Å². The number of phenolic OH excluding ortho intramolecular Hbond substituents is 1. The molecule has 5 heteroatoms. The minimum absolute atomic E-state index is 0.0237. The van der Waals surface area contributed by atoms with Crippen LogP contribution in [0, 0.1) is 13.8 Å². The molecular weight excluding hydrogens is 346 g/mol. The zero-order valence-electron chi connectivity index (χ0n) is 14.8. The van der Waals surface area contributed by atoms with E-state index in [9.17, 15) is 15.0 Å². The monoisotopic (exact) mass is 366 g/mol. The molecule has 0 spiro atoms. The van der Waals surface area contributed by atoms with Crippen molar-refractivity contribution in [2.45, 2.75) is 33.1 Å². The quantitative estimate of drug-likeness (QED) is 0.713. The Morgan fingerprint density at radius 1 is 1.19 bits per heavy atom. The minimum Gasteiger partial charge on any atom is -0.550 e. The van der Waals surface area contributed by atoms with Crippen LogP contribution in [-0.2, 0) is 4.79 Å². The zero-order valence-corrected chi connectivity index (χ0v) is 15.6. The third kappa shape index (κ3) is 4.11. The number of carboxylic acid groups (broad SMARTS) is 1. The van der Waals surface area contributed by atoms with Crippen LogP contribution in [0.2, 0.25) is 0 Å². The molecule has 0 unspecified atom stereocenters. The van der Waals surface area contributed by atoms with Gasteiger partial charge in [0.15, 0.2) is 0 Å². The van der Waals surface area contributed by atoms with E-state index < -0.39 is 5.97 Å². The Kier molecular flexibility index (Phi) is 5.38. The molecule has 26 heavy (non-hydrogen) atoms. The maximum Gasteiger partial charge on any atom is 0.121 e. The van der Waals surface area contributed by atoms with Gasteiger partial charge in [0, 0.05) is 5.97 Å². The summed E-state index contributed by atoms with van der Waals surface area (Å²) in [5.41, 5.74) is 4.54. The van der Waals surface area contributed by atoms with E-state index in [-0.39, 0.29) is 6.42 Å². The number of carboxylic acids is 1. The average molecular weight is 366 g/mol. The first-order chi connectivity index (χ1) is 12.4. The van der Waals surface area contributed by atoms with Crippen molar-refractivity contribution >= 4 is 39.2 Å². The van der Waals surface area contributed by atoms with Crippen LogP contribution in [-0.4, -0.2) is 16.1 Å². The van der Waals surface area contributed by atoms with Gasteiger partial charge in [-0.25, -0.2) is 4.98 Å². The number of carbonyl (C=O) groups is 1. The Morgan fingerprint density at radius 3 is 2.54 bits per heavy atom. The highest BCUT2D eigenvalue weighted by atomic mass is 32.1. The second kappa shape index (κ2) is 7.70. The van der Waals surface area contributed by atoms with Crippen molar-refractivity contribution in [2.24, 2.45) is 0 Å². The van der Waals surface area contributed by atoms with Crippen molar-refractivity contribution < 1.29 is 15.0 Å². The van der Waals surface area contributed by atoms with Crippen LogP contribution in [0.15, 0.2) is 36.4 Å². The number of hydrogen-bond acceptors (Lipinski definition) is 5. The van der Waals surface area contributed by atoms with Crippen LogP contribution in [0.1, 0.15) is 41.0 Å². The number of fused-ring (bicyclic) bond motifs is 1. The highest BCUT2D eigenvalue weighted by Gasteiger charge is 2.10. The average Bonchev–Trinajstić information content (AvgIpc) is 3.02. The van der Waals surface area contributed by atoms with Gasteiger partial charge in [0.05, 0.1) is 10.2 Å². The number of carbonyl (C=O) groups excluding carboxylic acids is 1. The fraction of sp³-hybridized carbons (Fsp3) is 0.238. The summed E-state index contributed by atoms with van der Waals surface area (Å²) in [6, 6.07) is 11.8. The molecule has 0 aliphatic heterocycles. The number of allylic oxidation sites excluding steroid dienone is 1. The number of para-hydroxylation sites is 1. The number of aromatic nitrogens is 1. The van der Waals surface area contributed by atoms with E-state index >= 15 is 0 Å². The first kappa shape index (κ1) is 18.1. The predicted octanol–water partition coefficient (Wildman–Crippen LogP) is 4.08. The molecule has 0 aliphatic rings. The SMILES string of the molecule is Cc1cc(/C=C(\CCCC(=O)[O-])c2nc3ccccc3s2)cc(C)c1O. The van der Waals surface area contributed by atoms with Gasteiger partial charge in [0.25, 0.3) is 0 Å². The molecule has 1 N–H and O–H groups in total. The molecule has 1 aromatic heterocycles. The number of aryl methyl sites for hydroxylation is 2. The van der Waals surface area contributed by atoms with Crippen molar-refractivity contribution in [3.8, 4) is 5.75 Å². The lowest BCUT2D eigenvalue weighted by atomic mass is 10.0. The number of nitrogens with zero attached hydrogens (tertiary/aromatic N) is 1. The topological polar surface area (TPSA) is 73.2 Å². The largest absolute Gasteiger partial charge is 0.550 e. The van der Waals surface area contributed by atoms with Gasteiger partial charge < -0.3 is 15.0 Å². The van der Waals surface area contributed by atoms with Gasteiger partial charge in [0.1, 0.15) is 10.8 Å². The fourth-order valence-electron chi connectivity index (χ4n) is 2.95. The predicted molar refractivity (Wildman–Crippen MR) is 104 cm³/mol. The second-order valence-electron chi connectivity index (χ2n) is 6.39. The van der Waals surface area contributed by atoms with E-state index in [0.29, 0.717) is 18.6 Å². The second-order valence-corrected chi connectivity index (χ2v) is 7.42. The van der Waals surface area contributed by atoms with Crippen molar-refractivity contribution in [2.75, 3.05) is 0 Å². The Bertz CT molecular complexity index is 932. The summed E-state index contributed by atoms with van der Waals surface area (Å²) < 4.78 is 1.10. The summed E-state index contributed by atoms with van der Waals surface area (Å²) in [4.78, 5) is 15.5. The van der Waals surface area contributed by atoms with Crippen LogP contribution in [0.5, 0.6) is 5.75 Å². The highest BCUT2D eigenvalue weighted by Crippen LogP contribution is 2.32. The van der Waals surface area contributed by atoms with E-state index in [0.717, 1.165) is 37.5 Å². The molecular formula is C21H20NO3S-. The van der Waals surface area contributed by atoms with Crippen LogP contribution in [0.3, 0.4) is 0 Å². The lowest BCUT2D eigenvalue weighted by Crippen LogP contribution is -2.21. The maximum atomic E-state index is 10.8. The van der Waals surface area contributed by atoms with Crippen LogP contribution < -0.4 is 5.11 Å². The molecule has 134 valence electrons. The molecule has 4 nitrogen and oxygen atoms in total. The zero-order chi connectivity index (χ0) is 18.7. The molecule has 0 aliphatic carbocycles. The number of thiazole rings is 1. The van der Waals surface area contributed by atoms with Gasteiger partial charge in [-0.05, 0) is 85.7 Å². The molecule has 3 aromatic rings. The van der Waals surface area contributed by atoms with Gasteiger partial charge in [-0.3, -0.25) is 0 Å². The Morgan fingerprint density at radius 2 is 1.88 bits per heavy atom. The molecule has 2 aromatic carbocycles. The van der Waals surface area contributed by atoms with Crippen molar-refractivity contribution in [3.05, 3.63) is 58.1 Å². The van der Waals surface area contributed by atoms with Crippen LogP contribution in [0.25, 0.3) is 21.9 Å². The third-order valence-corrected chi connectivity index (χ3v) is 5.36. The highest BCUT2D eigenvalue weighted by molar-refractivity contribution is 7.19. The van der Waals surface area contributed by atoms with Crippen molar-refractivity contribution in [1.29, 1.82) is 0 Å². The summed E-state index contributed by atoms with van der Waals surface area (Å²) >= 11 is 1.60. The Hall–Kier alpha value is -2.66. The number of phenols is 1. The molecule has 0 amide bonds. The lowest BCUT2D eigenvalue weighted by Gasteiger charge is -2.08. The first-order valence-electron chi connectivity index (χ1n) is 8.50. The van der Waals surface area contributed by atoms with E-state index in [2.05, 4.69) is 0 Å². The molecule has 0 atom stereocenters. The summed E-state index contributed by atoms with van der Waals surface area (Å²) in [6.07, 6.45) is 3.16. The van der Waals surface area contributed by atoms with Gasteiger partial charge in [-0.1, -0.05) is 12.1 Å². The van der Waals surface area contributed by atoms with Crippen molar-refractivity contribution in [1.82, 2.24) is 4.98 Å². The molecule has 0 fully saturated rings. The lowest BCUT2D eigenvalue weighted by molar-refractivity contribution is -0.305. The standard InChI is InChI=1S/C21H21NO3S/c1-13-10-15(11-14(2)20(13)25)12-16(6-5-9-19(23)24)21-22-17-7-3-4-8-18(17)26-21/h3-4,7-8,10-12,25H,5-6,9H2,1-2H3,(H,23,24)/p-1/b16-12+. The number of hydrogen-bond donors (Lipinski definition) is 1. The molecule has 1 heterocycles. The summed E-state index contributed by atoms with van der Waals surface area (Å²) in [7, 11) is 0. The van der Waals surface area contributed by atoms with Gasteiger partial charge in [-0.15, -0.1) is 11.3 Å². The van der Waals surface area contributed by atoms with E-state index in [1.165, 1.54) is 0 Å². The third-order valence-electron chi connectivity index (χ3n) is 4.25. The Balaban J connectivity index is 2.00. The molecule has 3 rings (SSSR count). The number of rotatable bonds is 6. The normalized spacial score (nSPS) is 11.8. The van der Waals surface area contributed by atoms with E-state index in [1.807, 2.05) is 56.3 Å². The molecule has 0 bridgehead atoms. The molecule has 0 saturated heterocycles. The first-order valence-corrected chi connectivity index (χ1v) is 9.32. The van der Waals surface area contributed by atoms with E-state index in [4.69, 9.17) is 4.98 Å². The Labute approximate surface area is 156 Å². The molecule has 0 saturated carbocycles. The van der Waals surface area contributed by atoms with Gasteiger partial charge in [-0.2, -0.15) is 0 Å².